The van der Waals surface area contributed by atoms with E-state index in [4.69, 9.17) is 10.2 Å². The number of carbonyl (C=O) groups is 1. The molecule has 0 unspecified atom stereocenters. The second-order valence-corrected chi connectivity index (χ2v) is 6.30. The van der Waals surface area contributed by atoms with Crippen LogP contribution in [0.4, 0.5) is 5.69 Å². The number of nitrogens with zero attached hydrogens (tertiary/aromatic N) is 1. The summed E-state index contributed by atoms with van der Waals surface area (Å²) in [6.07, 6.45) is 1.91. The monoisotopic (exact) mass is 372 g/mol. The zero-order chi connectivity index (χ0) is 17.8. The molecule has 1 amide bonds. The Balaban J connectivity index is 0.00000243. The Hall–Kier alpha value is -2.46. The largest absolute Gasteiger partial charge is 0.461 e. The van der Waals surface area contributed by atoms with Gasteiger partial charge in [-0.2, -0.15) is 0 Å². The van der Waals surface area contributed by atoms with Gasteiger partial charge in [0.2, 0.25) is 5.91 Å². The lowest BCUT2D eigenvalue weighted by Crippen LogP contribution is -2.26. The number of nitrogens with two attached hydrogens (primary N) is 1. The fourth-order valence-electron chi connectivity index (χ4n) is 3.13. The van der Waals surface area contributed by atoms with Gasteiger partial charge in [-0.15, -0.1) is 12.4 Å². The van der Waals surface area contributed by atoms with Gasteiger partial charge in [0.05, 0.1) is 0 Å². The number of hydrogen-bond acceptors (Lipinski definition) is 3. The lowest BCUT2D eigenvalue weighted by atomic mass is 10.1. The molecule has 0 spiro atoms. The van der Waals surface area contributed by atoms with Gasteiger partial charge in [-0.25, -0.2) is 0 Å². The first-order valence-corrected chi connectivity index (χ1v) is 8.66. The molecule has 0 atom stereocenters. The molecule has 1 aromatic heterocycles. The summed E-state index contributed by atoms with van der Waals surface area (Å²) in [6.45, 7) is 2.63. The van der Waals surface area contributed by atoms with Crippen LogP contribution in [0.1, 0.15) is 30.2 Å². The number of halogens is 1. The van der Waals surface area contributed by atoms with Crippen molar-refractivity contribution in [3.8, 4) is 0 Å². The number of rotatable bonds is 6. The Morgan fingerprint density at radius 2 is 1.81 bits per heavy atom. The predicted octanol–water partition coefficient (Wildman–Crippen LogP) is 4.59. The molecule has 0 aliphatic rings. The van der Waals surface area contributed by atoms with Crippen LogP contribution in [0, 0.1) is 0 Å². The quantitative estimate of drug-likeness (QED) is 0.644. The van der Waals surface area contributed by atoms with E-state index in [9.17, 15) is 4.79 Å². The van der Waals surface area contributed by atoms with E-state index < -0.39 is 0 Å². The molecule has 2 aromatic carbocycles. The molecule has 5 heteroatoms. The Kier molecular flexibility index (Phi) is 6.70. The van der Waals surface area contributed by atoms with Crippen molar-refractivity contribution in [2.24, 2.45) is 0 Å². The van der Waals surface area contributed by atoms with Crippen molar-refractivity contribution in [2.75, 3.05) is 12.8 Å². The molecule has 26 heavy (non-hydrogen) atoms. The second-order valence-electron chi connectivity index (χ2n) is 6.30. The van der Waals surface area contributed by atoms with E-state index in [0.717, 1.165) is 40.0 Å². The van der Waals surface area contributed by atoms with Gasteiger partial charge in [0, 0.05) is 43.1 Å². The minimum atomic E-state index is 0. The molecule has 4 nitrogen and oxygen atoms in total. The summed E-state index contributed by atoms with van der Waals surface area (Å²) in [7, 11) is 1.85. The van der Waals surface area contributed by atoms with Crippen molar-refractivity contribution in [2.45, 2.75) is 32.7 Å². The van der Waals surface area contributed by atoms with Crippen molar-refractivity contribution in [3.63, 3.8) is 0 Å². The van der Waals surface area contributed by atoms with Crippen LogP contribution in [0.3, 0.4) is 0 Å². The summed E-state index contributed by atoms with van der Waals surface area (Å²) in [5, 5.41) is 1.09. The van der Waals surface area contributed by atoms with Gasteiger partial charge < -0.3 is 15.1 Å². The average Bonchev–Trinajstić information content (AvgIpc) is 2.98. The number of nitrogen functional groups attached to an aromatic ring is 1. The SMILES string of the molecule is CCc1oc2ccccc2c1CN(C)C(=O)CCc1ccccc1N.Cl. The highest BCUT2D eigenvalue weighted by Gasteiger charge is 2.17. The van der Waals surface area contributed by atoms with Gasteiger partial charge in [-0.3, -0.25) is 4.79 Å². The number of aryl methyl sites for hydroxylation is 2. The highest BCUT2D eigenvalue weighted by Crippen LogP contribution is 2.27. The first kappa shape index (κ1) is 19.9. The van der Waals surface area contributed by atoms with Gasteiger partial charge in [-0.1, -0.05) is 43.3 Å². The fraction of sp³-hybridized carbons (Fsp3) is 0.286. The zero-order valence-corrected chi connectivity index (χ0v) is 16.0. The molecule has 2 N–H and O–H groups in total. The van der Waals surface area contributed by atoms with E-state index in [0.29, 0.717) is 19.4 Å². The first-order chi connectivity index (χ1) is 12.1. The van der Waals surface area contributed by atoms with E-state index in [1.807, 2.05) is 49.5 Å². The number of furan rings is 1. The highest BCUT2D eigenvalue weighted by atomic mass is 35.5. The first-order valence-electron chi connectivity index (χ1n) is 8.66. The summed E-state index contributed by atoms with van der Waals surface area (Å²) >= 11 is 0. The van der Waals surface area contributed by atoms with Crippen molar-refractivity contribution < 1.29 is 9.21 Å². The average molecular weight is 373 g/mol. The summed E-state index contributed by atoms with van der Waals surface area (Å²) in [6, 6.07) is 15.7. The maximum absolute atomic E-state index is 12.5. The molecule has 1 heterocycles. The Morgan fingerprint density at radius 3 is 2.54 bits per heavy atom. The number of fused-ring (bicyclic) bond motifs is 1. The van der Waals surface area contributed by atoms with Crippen LogP contribution in [0.15, 0.2) is 52.9 Å². The second kappa shape index (κ2) is 8.77. The van der Waals surface area contributed by atoms with E-state index in [2.05, 4.69) is 13.0 Å². The van der Waals surface area contributed by atoms with E-state index >= 15 is 0 Å². The molecule has 0 bridgehead atoms. The predicted molar refractivity (Wildman–Crippen MR) is 108 cm³/mol. The Morgan fingerprint density at radius 1 is 1.12 bits per heavy atom. The lowest BCUT2D eigenvalue weighted by Gasteiger charge is -2.17. The van der Waals surface area contributed by atoms with Crippen LogP contribution >= 0.6 is 12.4 Å². The van der Waals surface area contributed by atoms with Crippen molar-refractivity contribution in [3.05, 3.63) is 65.4 Å². The lowest BCUT2D eigenvalue weighted by molar-refractivity contribution is -0.130. The van der Waals surface area contributed by atoms with Gasteiger partial charge in [0.15, 0.2) is 0 Å². The molecule has 3 rings (SSSR count). The van der Waals surface area contributed by atoms with Gasteiger partial charge in [0.25, 0.3) is 0 Å². The molecule has 0 radical (unpaired) electrons. The molecule has 0 aliphatic carbocycles. The Labute approximate surface area is 160 Å². The number of carbonyl (C=O) groups excluding carboxylic acids is 1. The van der Waals surface area contributed by atoms with Crippen molar-refractivity contribution >= 4 is 35.0 Å². The standard InChI is InChI=1S/C21H24N2O2.ClH/c1-3-19-17(16-9-5-7-11-20(16)25-19)14-23(2)21(24)13-12-15-8-4-6-10-18(15)22;/h4-11H,3,12-14,22H2,1-2H3;1H. The van der Waals surface area contributed by atoms with Crippen molar-refractivity contribution in [1.29, 1.82) is 0 Å². The molecule has 138 valence electrons. The van der Waals surface area contributed by atoms with Crippen molar-refractivity contribution in [1.82, 2.24) is 4.90 Å². The number of benzene rings is 2. The van der Waals surface area contributed by atoms with Gasteiger partial charge in [-0.05, 0) is 24.1 Å². The molecular weight excluding hydrogens is 348 g/mol. The van der Waals surface area contributed by atoms with Crippen LogP contribution in [0.25, 0.3) is 11.0 Å². The highest BCUT2D eigenvalue weighted by molar-refractivity contribution is 5.85. The fourth-order valence-corrected chi connectivity index (χ4v) is 3.13. The molecule has 0 saturated heterocycles. The smallest absolute Gasteiger partial charge is 0.222 e. The van der Waals surface area contributed by atoms with Crippen LogP contribution in [-0.4, -0.2) is 17.9 Å². The van der Waals surface area contributed by atoms with Gasteiger partial charge in [0.1, 0.15) is 11.3 Å². The van der Waals surface area contributed by atoms with E-state index in [1.54, 1.807) is 4.90 Å². The van der Waals surface area contributed by atoms with Gasteiger partial charge >= 0.3 is 0 Å². The van der Waals surface area contributed by atoms with Crippen LogP contribution in [-0.2, 0) is 24.2 Å². The van der Waals surface area contributed by atoms with Crippen LogP contribution in [0.2, 0.25) is 0 Å². The molecule has 3 aromatic rings. The number of hydrogen-bond donors (Lipinski definition) is 1. The van der Waals surface area contributed by atoms with Crippen LogP contribution in [0.5, 0.6) is 0 Å². The number of para-hydroxylation sites is 2. The maximum atomic E-state index is 12.5. The minimum absolute atomic E-state index is 0. The summed E-state index contributed by atoms with van der Waals surface area (Å²) in [5.41, 5.74) is 9.71. The topological polar surface area (TPSA) is 59.5 Å². The maximum Gasteiger partial charge on any atom is 0.222 e. The third-order valence-corrected chi connectivity index (χ3v) is 4.59. The molecule has 0 aliphatic heterocycles. The molecule has 0 fully saturated rings. The summed E-state index contributed by atoms with van der Waals surface area (Å²) < 4.78 is 5.92. The number of anilines is 1. The summed E-state index contributed by atoms with van der Waals surface area (Å²) in [5.74, 6) is 1.06. The summed E-state index contributed by atoms with van der Waals surface area (Å²) in [4.78, 5) is 14.3. The minimum Gasteiger partial charge on any atom is -0.461 e. The molecular formula is C21H25ClN2O2. The molecule has 0 saturated carbocycles. The van der Waals surface area contributed by atoms with E-state index in [1.165, 1.54) is 0 Å². The van der Waals surface area contributed by atoms with E-state index in [-0.39, 0.29) is 18.3 Å². The van der Waals surface area contributed by atoms with Crippen LogP contribution < -0.4 is 5.73 Å². The third-order valence-electron chi connectivity index (χ3n) is 4.59. The number of amides is 1. The normalized spacial score (nSPS) is 10.5. The third kappa shape index (κ3) is 4.20. The zero-order valence-electron chi connectivity index (χ0n) is 15.2. The Bertz CT molecular complexity index is 889.